The summed E-state index contributed by atoms with van der Waals surface area (Å²) >= 11 is 0. The van der Waals surface area contributed by atoms with Crippen molar-refractivity contribution in [1.29, 1.82) is 0 Å². The normalized spacial score (nSPS) is 19.1. The van der Waals surface area contributed by atoms with Crippen molar-refractivity contribution >= 4 is 6.03 Å². The molecule has 0 aromatic heterocycles. The summed E-state index contributed by atoms with van der Waals surface area (Å²) in [6, 6.07) is 8.03. The third-order valence-electron chi connectivity index (χ3n) is 4.95. The van der Waals surface area contributed by atoms with Crippen LogP contribution in [-0.2, 0) is 0 Å². The summed E-state index contributed by atoms with van der Waals surface area (Å²) < 4.78 is 0. The molecule has 3 N–H and O–H groups in total. The molecule has 1 atom stereocenters. The lowest BCUT2D eigenvalue weighted by molar-refractivity contribution is -0.0123. The van der Waals surface area contributed by atoms with Gasteiger partial charge in [0.25, 0.3) is 0 Å². The Kier molecular flexibility index (Phi) is 6.24. The first-order valence-electron chi connectivity index (χ1n) is 8.84. The van der Waals surface area contributed by atoms with Gasteiger partial charge >= 0.3 is 6.03 Å². The quantitative estimate of drug-likeness (QED) is 0.776. The van der Waals surface area contributed by atoms with Crippen molar-refractivity contribution in [3.05, 3.63) is 35.4 Å². The molecular weight excluding hydrogens is 302 g/mol. The van der Waals surface area contributed by atoms with Crippen molar-refractivity contribution in [3.63, 3.8) is 0 Å². The summed E-state index contributed by atoms with van der Waals surface area (Å²) in [7, 11) is 2.05. The summed E-state index contributed by atoms with van der Waals surface area (Å²) in [5, 5.41) is 16.3. The molecular formula is C19H31N3O2. The number of likely N-dealkylation sites (tertiary alicyclic amines) is 1. The zero-order valence-corrected chi connectivity index (χ0v) is 15.3. The van der Waals surface area contributed by atoms with E-state index in [2.05, 4.69) is 53.6 Å². The third kappa shape index (κ3) is 5.21. The van der Waals surface area contributed by atoms with E-state index < -0.39 is 5.60 Å². The predicted molar refractivity (Wildman–Crippen MR) is 97.2 cm³/mol. The first-order chi connectivity index (χ1) is 11.3. The molecule has 134 valence electrons. The molecule has 24 heavy (non-hydrogen) atoms. The lowest BCUT2D eigenvalue weighted by atomic mass is 9.92. The summed E-state index contributed by atoms with van der Waals surface area (Å²) in [5.41, 5.74) is 1.58. The number of hydrogen-bond acceptors (Lipinski definition) is 3. The first kappa shape index (κ1) is 18.7. The first-order valence-corrected chi connectivity index (χ1v) is 8.84. The Morgan fingerprint density at radius 2 is 1.71 bits per heavy atom. The number of aliphatic hydroxyl groups is 1. The number of carbonyl (C=O) groups is 1. The zero-order valence-electron chi connectivity index (χ0n) is 15.3. The van der Waals surface area contributed by atoms with Crippen LogP contribution in [0.15, 0.2) is 24.3 Å². The van der Waals surface area contributed by atoms with Gasteiger partial charge in [0.15, 0.2) is 0 Å². The molecule has 0 spiro atoms. The molecule has 0 radical (unpaired) electrons. The van der Waals surface area contributed by atoms with Crippen LogP contribution in [-0.4, -0.2) is 48.3 Å². The van der Waals surface area contributed by atoms with E-state index in [4.69, 9.17) is 0 Å². The molecule has 5 heteroatoms. The van der Waals surface area contributed by atoms with Crippen LogP contribution in [0.3, 0.4) is 0 Å². The van der Waals surface area contributed by atoms with Gasteiger partial charge in [-0.15, -0.1) is 0 Å². The van der Waals surface area contributed by atoms with Crippen molar-refractivity contribution in [2.24, 2.45) is 0 Å². The second-order valence-electron chi connectivity index (χ2n) is 7.40. The Hall–Kier alpha value is -1.59. The fourth-order valence-corrected chi connectivity index (χ4v) is 2.96. The van der Waals surface area contributed by atoms with Gasteiger partial charge in [-0.3, -0.25) is 0 Å². The van der Waals surface area contributed by atoms with Crippen molar-refractivity contribution in [2.75, 3.05) is 26.7 Å². The highest BCUT2D eigenvalue weighted by molar-refractivity contribution is 5.74. The standard InChI is InChI=1S/C19H31N3O2/c1-14(2)16-5-7-17(8-6-16)15(3)21-18(23)20-13-19(24)9-11-22(4)12-10-19/h5-8,14-15,24H,9-13H2,1-4H3,(H2,20,21,23)/t15-/m0/s1. The fourth-order valence-electron chi connectivity index (χ4n) is 2.96. The van der Waals surface area contributed by atoms with E-state index in [1.807, 2.05) is 14.0 Å². The van der Waals surface area contributed by atoms with Gasteiger partial charge < -0.3 is 20.6 Å². The van der Waals surface area contributed by atoms with Crippen LogP contribution in [0.25, 0.3) is 0 Å². The van der Waals surface area contributed by atoms with Gasteiger partial charge in [0.05, 0.1) is 11.6 Å². The molecule has 1 aromatic rings. The predicted octanol–water partition coefficient (Wildman–Crippen LogP) is 2.63. The second-order valence-corrected chi connectivity index (χ2v) is 7.40. The van der Waals surface area contributed by atoms with E-state index in [1.54, 1.807) is 0 Å². The molecule has 1 heterocycles. The number of piperidine rings is 1. The summed E-state index contributed by atoms with van der Waals surface area (Å²) in [4.78, 5) is 14.3. The van der Waals surface area contributed by atoms with Crippen LogP contribution in [0.1, 0.15) is 56.7 Å². The fraction of sp³-hybridized carbons (Fsp3) is 0.632. The molecule has 1 aliphatic rings. The number of amides is 2. The molecule has 1 fully saturated rings. The maximum absolute atomic E-state index is 12.1. The van der Waals surface area contributed by atoms with E-state index >= 15 is 0 Å². The van der Waals surface area contributed by atoms with E-state index in [0.29, 0.717) is 25.3 Å². The van der Waals surface area contributed by atoms with Crippen LogP contribution in [0.4, 0.5) is 4.79 Å². The van der Waals surface area contributed by atoms with Gasteiger partial charge in [-0.1, -0.05) is 38.1 Å². The van der Waals surface area contributed by atoms with Crippen LogP contribution >= 0.6 is 0 Å². The van der Waals surface area contributed by atoms with Crippen molar-refractivity contribution in [2.45, 2.75) is 51.2 Å². The monoisotopic (exact) mass is 333 g/mol. The number of carbonyl (C=O) groups excluding carboxylic acids is 1. The van der Waals surface area contributed by atoms with E-state index in [1.165, 1.54) is 5.56 Å². The summed E-state index contributed by atoms with van der Waals surface area (Å²) in [5.74, 6) is 0.501. The number of nitrogens with one attached hydrogen (secondary N) is 2. The smallest absolute Gasteiger partial charge is 0.315 e. The van der Waals surface area contributed by atoms with Gasteiger partial charge in [0.2, 0.25) is 0 Å². The van der Waals surface area contributed by atoms with E-state index in [0.717, 1.165) is 18.7 Å². The van der Waals surface area contributed by atoms with Crippen LogP contribution in [0.2, 0.25) is 0 Å². The molecule has 5 nitrogen and oxygen atoms in total. The number of nitrogens with zero attached hydrogens (tertiary/aromatic N) is 1. The highest BCUT2D eigenvalue weighted by atomic mass is 16.3. The molecule has 0 aliphatic carbocycles. The lowest BCUT2D eigenvalue weighted by Gasteiger charge is -2.36. The maximum atomic E-state index is 12.1. The van der Waals surface area contributed by atoms with Crippen molar-refractivity contribution in [3.8, 4) is 0 Å². The highest BCUT2D eigenvalue weighted by Gasteiger charge is 2.31. The maximum Gasteiger partial charge on any atom is 0.315 e. The van der Waals surface area contributed by atoms with Gasteiger partial charge in [-0.2, -0.15) is 0 Å². The summed E-state index contributed by atoms with van der Waals surface area (Å²) in [6.07, 6.45) is 1.38. The second kappa shape index (κ2) is 7.99. The number of benzene rings is 1. The lowest BCUT2D eigenvalue weighted by Crippen LogP contribution is -2.51. The molecule has 0 saturated carbocycles. The minimum atomic E-state index is -0.786. The Labute approximate surface area is 145 Å². The van der Waals surface area contributed by atoms with Gasteiger partial charge in [-0.05, 0) is 43.9 Å². The van der Waals surface area contributed by atoms with Crippen LogP contribution < -0.4 is 10.6 Å². The SMILES string of the molecule is CC(C)c1ccc([C@H](C)NC(=O)NCC2(O)CCN(C)CC2)cc1. The molecule has 1 aromatic carbocycles. The minimum Gasteiger partial charge on any atom is -0.388 e. The third-order valence-corrected chi connectivity index (χ3v) is 4.95. The Morgan fingerprint density at radius 1 is 1.17 bits per heavy atom. The highest BCUT2D eigenvalue weighted by Crippen LogP contribution is 2.21. The average molecular weight is 333 g/mol. The molecule has 1 saturated heterocycles. The minimum absolute atomic E-state index is 0.0710. The van der Waals surface area contributed by atoms with E-state index in [9.17, 15) is 9.90 Å². The van der Waals surface area contributed by atoms with Gasteiger partial charge in [-0.25, -0.2) is 4.79 Å². The Balaban J connectivity index is 1.81. The van der Waals surface area contributed by atoms with Crippen LogP contribution in [0.5, 0.6) is 0 Å². The van der Waals surface area contributed by atoms with E-state index in [-0.39, 0.29) is 12.1 Å². The molecule has 2 amide bonds. The molecule has 1 aliphatic heterocycles. The van der Waals surface area contributed by atoms with Gasteiger partial charge in [0, 0.05) is 19.6 Å². The topological polar surface area (TPSA) is 64.6 Å². The molecule has 0 bridgehead atoms. The van der Waals surface area contributed by atoms with Crippen molar-refractivity contribution in [1.82, 2.24) is 15.5 Å². The zero-order chi connectivity index (χ0) is 17.7. The Morgan fingerprint density at radius 3 is 2.25 bits per heavy atom. The number of rotatable bonds is 5. The largest absolute Gasteiger partial charge is 0.388 e. The van der Waals surface area contributed by atoms with Gasteiger partial charge in [0.1, 0.15) is 0 Å². The molecule has 2 rings (SSSR count). The van der Waals surface area contributed by atoms with Crippen molar-refractivity contribution < 1.29 is 9.90 Å². The Bertz CT molecular complexity index is 534. The average Bonchev–Trinajstić information content (AvgIpc) is 2.56. The number of urea groups is 1. The number of hydrogen-bond donors (Lipinski definition) is 3. The van der Waals surface area contributed by atoms with Crippen LogP contribution in [0, 0.1) is 0 Å². The summed E-state index contributed by atoms with van der Waals surface area (Å²) in [6.45, 7) is 8.31. The molecule has 0 unspecified atom stereocenters.